The van der Waals surface area contributed by atoms with Crippen molar-refractivity contribution in [3.8, 4) is 5.75 Å². The average Bonchev–Trinajstić information content (AvgIpc) is 3.38. The summed E-state index contributed by atoms with van der Waals surface area (Å²) in [6.45, 7) is 1.79. The van der Waals surface area contributed by atoms with E-state index in [4.69, 9.17) is 19.6 Å². The lowest BCUT2D eigenvalue weighted by molar-refractivity contribution is -0.156. The highest BCUT2D eigenvalue weighted by Gasteiger charge is 2.54. The van der Waals surface area contributed by atoms with E-state index in [1.165, 1.54) is 43.1 Å². The number of rotatable bonds is 11. The van der Waals surface area contributed by atoms with Crippen LogP contribution in [-0.4, -0.2) is 85.7 Å². The van der Waals surface area contributed by atoms with Crippen molar-refractivity contribution in [2.75, 3.05) is 25.2 Å². The van der Waals surface area contributed by atoms with Crippen molar-refractivity contribution in [1.82, 2.24) is 20.4 Å². The SMILES string of the molecule is CCOC(=O)C(OC)c1nnc(SCC2=C(C(=O)O)N3C(=O)C(NC(=O)C(N)c4ccc(O)cc4)[C@@H]3SC2)o1. The normalized spacial score (nSPS) is 20.1. The van der Waals surface area contributed by atoms with Crippen molar-refractivity contribution >= 4 is 47.3 Å². The minimum atomic E-state index is -1.29. The molecule has 1 saturated heterocycles. The van der Waals surface area contributed by atoms with Crippen LogP contribution in [0.5, 0.6) is 5.75 Å². The van der Waals surface area contributed by atoms with Crippen molar-refractivity contribution < 1.29 is 43.3 Å². The average molecular weight is 580 g/mol. The molecule has 1 aromatic heterocycles. The topological polar surface area (TPSA) is 207 Å². The number of carbonyl (C=O) groups excluding carboxylic acids is 3. The number of nitrogens with two attached hydrogens (primary N) is 1. The zero-order valence-corrected chi connectivity index (χ0v) is 22.4. The summed E-state index contributed by atoms with van der Waals surface area (Å²) < 4.78 is 15.5. The van der Waals surface area contributed by atoms with Gasteiger partial charge in [-0.2, -0.15) is 0 Å². The molecule has 0 aliphatic carbocycles. The summed E-state index contributed by atoms with van der Waals surface area (Å²) in [6.07, 6.45) is -1.19. The number of nitrogens with one attached hydrogen (secondary N) is 1. The Bertz CT molecular complexity index is 1300. The van der Waals surface area contributed by atoms with Crippen LogP contribution < -0.4 is 11.1 Å². The second-order valence-corrected chi connectivity index (χ2v) is 10.3. The molecule has 1 fully saturated rings. The van der Waals surface area contributed by atoms with E-state index in [0.717, 1.165) is 16.7 Å². The van der Waals surface area contributed by atoms with Crippen LogP contribution in [0.1, 0.15) is 30.5 Å². The predicted octanol–water partition coefficient (Wildman–Crippen LogP) is 0.557. The van der Waals surface area contributed by atoms with Gasteiger partial charge in [-0.15, -0.1) is 22.0 Å². The first-order valence-corrected chi connectivity index (χ1v) is 13.6. The zero-order valence-electron chi connectivity index (χ0n) is 20.7. The van der Waals surface area contributed by atoms with Gasteiger partial charge in [-0.25, -0.2) is 9.59 Å². The molecule has 2 aromatic rings. The molecule has 0 saturated carbocycles. The molecule has 208 valence electrons. The first-order chi connectivity index (χ1) is 18.7. The molecule has 1 aromatic carbocycles. The van der Waals surface area contributed by atoms with Gasteiger partial charge in [0.25, 0.3) is 17.0 Å². The lowest BCUT2D eigenvalue weighted by atomic mass is 10.0. The number of thioether (sulfide) groups is 2. The van der Waals surface area contributed by atoms with Gasteiger partial charge in [-0.1, -0.05) is 23.9 Å². The number of ether oxygens (including phenoxy) is 2. The summed E-state index contributed by atoms with van der Waals surface area (Å²) in [5, 5.41) is 29.0. The lowest BCUT2D eigenvalue weighted by Crippen LogP contribution is -2.71. The Morgan fingerprint density at radius 2 is 2.03 bits per heavy atom. The van der Waals surface area contributed by atoms with Gasteiger partial charge < -0.3 is 35.2 Å². The van der Waals surface area contributed by atoms with Crippen molar-refractivity contribution in [2.24, 2.45) is 5.73 Å². The first kappa shape index (κ1) is 28.4. The molecular formula is C23H25N5O9S2. The number of aromatic hydroxyl groups is 1. The number of carboxylic acid groups (broad SMARTS) is 1. The summed E-state index contributed by atoms with van der Waals surface area (Å²) >= 11 is 2.34. The molecule has 4 rings (SSSR count). The molecule has 0 bridgehead atoms. The number of amides is 2. The number of β-lactam (4-membered cyclic amide) rings is 1. The van der Waals surface area contributed by atoms with Crippen LogP contribution in [0.3, 0.4) is 0 Å². The molecule has 16 heteroatoms. The third-order valence-corrected chi connectivity index (χ3v) is 8.08. The number of aromatic nitrogens is 2. The minimum Gasteiger partial charge on any atom is -0.508 e. The highest BCUT2D eigenvalue weighted by atomic mass is 32.2. The maximum absolute atomic E-state index is 12.9. The Hall–Kier alpha value is -3.60. The number of carboxylic acids is 1. The number of hydrogen-bond acceptors (Lipinski definition) is 13. The third-order valence-electron chi connectivity index (χ3n) is 5.83. The number of esters is 1. The molecule has 4 atom stereocenters. The molecule has 0 spiro atoms. The fraction of sp³-hybridized carbons (Fsp3) is 0.391. The van der Waals surface area contributed by atoms with Crippen LogP contribution in [0.4, 0.5) is 0 Å². The van der Waals surface area contributed by atoms with Crippen molar-refractivity contribution in [3.63, 3.8) is 0 Å². The Morgan fingerprint density at radius 3 is 2.67 bits per heavy atom. The van der Waals surface area contributed by atoms with Crippen molar-refractivity contribution in [3.05, 3.63) is 47.0 Å². The predicted molar refractivity (Wildman–Crippen MR) is 136 cm³/mol. The first-order valence-electron chi connectivity index (χ1n) is 11.6. The van der Waals surface area contributed by atoms with Gasteiger partial charge in [0, 0.05) is 18.6 Å². The molecule has 5 N–H and O–H groups in total. The molecule has 0 radical (unpaired) electrons. The highest BCUT2D eigenvalue weighted by Crippen LogP contribution is 2.41. The van der Waals surface area contributed by atoms with Crippen LogP contribution in [-0.2, 0) is 28.7 Å². The summed E-state index contributed by atoms with van der Waals surface area (Å²) in [4.78, 5) is 50.8. The van der Waals surface area contributed by atoms with E-state index in [1.54, 1.807) is 6.92 Å². The zero-order chi connectivity index (χ0) is 28.3. The van der Waals surface area contributed by atoms with Crippen molar-refractivity contribution in [1.29, 1.82) is 0 Å². The summed E-state index contributed by atoms with van der Waals surface area (Å²) in [7, 11) is 1.29. The Labute approximate surface area is 230 Å². The fourth-order valence-electron chi connectivity index (χ4n) is 3.92. The third kappa shape index (κ3) is 5.88. The number of phenols is 1. The molecule has 2 aliphatic heterocycles. The standard InChI is InChI=1S/C23H25N5O9S2/c1-3-36-22(34)16(35-2)18-26-27-23(37-18)39-9-11-8-38-20-14(19(31)28(20)15(11)21(32)33)25-17(30)13(24)10-4-6-12(29)7-5-10/h4-7,13-14,16,20,29H,3,8-9,24H2,1-2H3,(H,25,30)(H,32,33)/t13?,14?,16?,20-/m0/s1. The van der Waals surface area contributed by atoms with E-state index in [9.17, 15) is 29.4 Å². The molecule has 14 nitrogen and oxygen atoms in total. The van der Waals surface area contributed by atoms with Gasteiger partial charge >= 0.3 is 11.9 Å². The van der Waals surface area contributed by atoms with E-state index in [1.807, 2.05) is 0 Å². The van der Waals surface area contributed by atoms with Crippen LogP contribution in [0.2, 0.25) is 0 Å². The number of hydrogen-bond donors (Lipinski definition) is 4. The number of nitrogens with zero attached hydrogens (tertiary/aromatic N) is 3. The quantitative estimate of drug-likeness (QED) is 0.163. The van der Waals surface area contributed by atoms with E-state index >= 15 is 0 Å². The van der Waals surface area contributed by atoms with Gasteiger partial charge in [-0.05, 0) is 30.2 Å². The highest BCUT2D eigenvalue weighted by molar-refractivity contribution is 8.01. The molecule has 3 heterocycles. The number of fused-ring (bicyclic) bond motifs is 1. The number of benzene rings is 1. The van der Waals surface area contributed by atoms with Gasteiger partial charge in [0.05, 0.1) is 6.61 Å². The van der Waals surface area contributed by atoms with E-state index in [2.05, 4.69) is 15.5 Å². The van der Waals surface area contributed by atoms with Crippen LogP contribution in [0, 0.1) is 0 Å². The van der Waals surface area contributed by atoms with Gasteiger partial charge in [0.1, 0.15) is 28.9 Å². The number of phenolic OH excluding ortho intramolecular Hbond substituents is 1. The molecular weight excluding hydrogens is 554 g/mol. The van der Waals surface area contributed by atoms with E-state index < -0.39 is 47.3 Å². The van der Waals surface area contributed by atoms with Crippen molar-refractivity contribution in [2.45, 2.75) is 35.7 Å². The largest absolute Gasteiger partial charge is 0.508 e. The minimum absolute atomic E-state index is 0.0205. The Kier molecular flexibility index (Phi) is 8.79. The van der Waals surface area contributed by atoms with Crippen LogP contribution in [0.15, 0.2) is 45.2 Å². The fourth-order valence-corrected chi connectivity index (χ4v) is 6.17. The number of methoxy groups -OCH3 is 1. The van der Waals surface area contributed by atoms with Gasteiger partial charge in [0.15, 0.2) is 0 Å². The summed E-state index contributed by atoms with van der Waals surface area (Å²) in [6, 6.07) is 3.76. The molecule has 3 unspecified atom stereocenters. The van der Waals surface area contributed by atoms with Crippen LogP contribution >= 0.6 is 23.5 Å². The maximum atomic E-state index is 12.9. The summed E-state index contributed by atoms with van der Waals surface area (Å²) in [5.41, 5.74) is 6.71. The molecule has 39 heavy (non-hydrogen) atoms. The van der Waals surface area contributed by atoms with Gasteiger partial charge in [0.2, 0.25) is 12.0 Å². The van der Waals surface area contributed by atoms with Crippen LogP contribution in [0.25, 0.3) is 0 Å². The number of carbonyl (C=O) groups is 4. The second kappa shape index (κ2) is 12.1. The Balaban J connectivity index is 1.42. The van der Waals surface area contributed by atoms with Gasteiger partial charge in [-0.3, -0.25) is 14.5 Å². The summed E-state index contributed by atoms with van der Waals surface area (Å²) in [5.74, 6) is -2.85. The molecule has 2 amide bonds. The smallest absolute Gasteiger partial charge is 0.352 e. The second-order valence-electron chi connectivity index (χ2n) is 8.29. The number of aliphatic carboxylic acids is 1. The maximum Gasteiger partial charge on any atom is 0.352 e. The van der Waals surface area contributed by atoms with E-state index in [-0.39, 0.29) is 40.7 Å². The molecule has 2 aliphatic rings. The van der Waals surface area contributed by atoms with E-state index in [0.29, 0.717) is 11.1 Å². The lowest BCUT2D eigenvalue weighted by Gasteiger charge is -2.49. The Morgan fingerprint density at radius 1 is 1.31 bits per heavy atom. The monoisotopic (exact) mass is 579 g/mol.